The number of carbonyl (C=O) groups is 1. The molecule has 1 amide bonds. The first kappa shape index (κ1) is 18.1. The minimum atomic E-state index is -0.0683. The van der Waals surface area contributed by atoms with Crippen LogP contribution in [0.25, 0.3) is 0 Å². The van der Waals surface area contributed by atoms with Gasteiger partial charge in [0, 0.05) is 13.1 Å². The van der Waals surface area contributed by atoms with E-state index < -0.39 is 0 Å². The van der Waals surface area contributed by atoms with E-state index in [4.69, 9.17) is 14.2 Å². The highest BCUT2D eigenvalue weighted by molar-refractivity contribution is 5.96. The van der Waals surface area contributed by atoms with Crippen molar-refractivity contribution in [3.63, 3.8) is 0 Å². The normalized spacial score (nSPS) is 30.5. The summed E-state index contributed by atoms with van der Waals surface area (Å²) in [6.45, 7) is 0.574. The number of rotatable bonds is 5. The molecule has 4 saturated carbocycles. The summed E-state index contributed by atoms with van der Waals surface area (Å²) in [6, 6.07) is 6.03. The quantitative estimate of drug-likeness (QED) is 0.820. The fourth-order valence-electron chi connectivity index (χ4n) is 6.33. The van der Waals surface area contributed by atoms with Gasteiger partial charge >= 0.3 is 0 Å². The monoisotopic (exact) mass is 409 g/mol. The summed E-state index contributed by atoms with van der Waals surface area (Å²) in [5.74, 6) is 4.95. The number of nitrogens with one attached hydrogen (secondary N) is 1. The van der Waals surface area contributed by atoms with Crippen LogP contribution in [-0.2, 0) is 13.7 Å². The van der Waals surface area contributed by atoms with E-state index in [-0.39, 0.29) is 12.7 Å². The number of ether oxygens (including phenoxy) is 3. The summed E-state index contributed by atoms with van der Waals surface area (Å²) in [5, 5.41) is 7.63. The van der Waals surface area contributed by atoms with Gasteiger partial charge in [-0.2, -0.15) is 5.10 Å². The molecule has 1 aromatic heterocycles. The van der Waals surface area contributed by atoms with E-state index in [1.54, 1.807) is 17.9 Å². The zero-order valence-corrected chi connectivity index (χ0v) is 17.2. The summed E-state index contributed by atoms with van der Waals surface area (Å²) in [6.07, 6.45) is 8.13. The summed E-state index contributed by atoms with van der Waals surface area (Å²) < 4.78 is 18.4. The molecule has 158 valence electrons. The zero-order chi connectivity index (χ0) is 20.2. The van der Waals surface area contributed by atoms with E-state index in [1.165, 1.54) is 32.1 Å². The minimum Gasteiger partial charge on any atom is -0.472 e. The van der Waals surface area contributed by atoms with Gasteiger partial charge in [-0.25, -0.2) is 4.68 Å². The SMILES string of the molecule is Cn1ncc(C(=O)NC2C3CC4CC(C3)CC2C4)c1OCc1ccc2c(c1)OCO2. The number of carbonyl (C=O) groups excluding carboxylic acids is 1. The topological polar surface area (TPSA) is 74.6 Å². The highest BCUT2D eigenvalue weighted by Gasteiger charge is 2.48. The van der Waals surface area contributed by atoms with E-state index in [0.29, 0.717) is 35.9 Å². The Morgan fingerprint density at radius 3 is 2.63 bits per heavy atom. The fourth-order valence-corrected chi connectivity index (χ4v) is 6.33. The maximum absolute atomic E-state index is 13.2. The molecule has 0 atom stereocenters. The molecule has 4 aliphatic carbocycles. The summed E-state index contributed by atoms with van der Waals surface area (Å²) in [7, 11) is 1.80. The Labute approximate surface area is 175 Å². The van der Waals surface area contributed by atoms with E-state index in [1.807, 2.05) is 18.2 Å². The molecule has 4 fully saturated rings. The van der Waals surface area contributed by atoms with Crippen LogP contribution in [0, 0.1) is 23.7 Å². The van der Waals surface area contributed by atoms with Crippen LogP contribution < -0.4 is 19.5 Å². The first-order valence-electron chi connectivity index (χ1n) is 11.0. The summed E-state index contributed by atoms with van der Waals surface area (Å²) in [4.78, 5) is 13.2. The predicted octanol–water partition coefficient (Wildman–Crippen LogP) is 3.28. The second kappa shape index (κ2) is 6.93. The van der Waals surface area contributed by atoms with Gasteiger partial charge < -0.3 is 19.5 Å². The number of amides is 1. The molecule has 1 aliphatic heterocycles. The summed E-state index contributed by atoms with van der Waals surface area (Å²) >= 11 is 0. The lowest BCUT2D eigenvalue weighted by molar-refractivity contribution is -0.0120. The van der Waals surface area contributed by atoms with Crippen molar-refractivity contribution in [2.45, 2.75) is 44.8 Å². The Balaban J connectivity index is 1.16. The molecule has 0 radical (unpaired) electrons. The molecule has 30 heavy (non-hydrogen) atoms. The molecule has 7 heteroatoms. The molecule has 2 aromatic rings. The number of hydrogen-bond acceptors (Lipinski definition) is 5. The van der Waals surface area contributed by atoms with Crippen molar-refractivity contribution in [2.75, 3.05) is 6.79 Å². The number of nitrogens with zero attached hydrogens (tertiary/aromatic N) is 2. The largest absolute Gasteiger partial charge is 0.472 e. The Hall–Kier alpha value is -2.70. The van der Waals surface area contributed by atoms with Gasteiger partial charge in [0.2, 0.25) is 12.7 Å². The molecule has 1 aromatic carbocycles. The number of fused-ring (bicyclic) bond motifs is 1. The Bertz CT molecular complexity index is 957. The van der Waals surface area contributed by atoms with Crippen molar-refractivity contribution in [1.29, 1.82) is 0 Å². The van der Waals surface area contributed by atoms with Crippen LogP contribution in [0.5, 0.6) is 17.4 Å². The first-order valence-corrected chi connectivity index (χ1v) is 11.0. The van der Waals surface area contributed by atoms with Crippen LogP contribution in [0.15, 0.2) is 24.4 Å². The van der Waals surface area contributed by atoms with Gasteiger partial charge in [0.1, 0.15) is 12.2 Å². The number of aromatic nitrogens is 2. The molecule has 1 N–H and O–H groups in total. The Morgan fingerprint density at radius 1 is 1.13 bits per heavy atom. The lowest BCUT2D eigenvalue weighted by Gasteiger charge is -2.54. The van der Waals surface area contributed by atoms with Crippen molar-refractivity contribution in [1.82, 2.24) is 15.1 Å². The van der Waals surface area contributed by atoms with Gasteiger partial charge in [0.15, 0.2) is 11.5 Å². The van der Waals surface area contributed by atoms with Crippen LogP contribution >= 0.6 is 0 Å². The third kappa shape index (κ3) is 3.02. The van der Waals surface area contributed by atoms with Crippen molar-refractivity contribution in [3.8, 4) is 17.4 Å². The van der Waals surface area contributed by atoms with Gasteiger partial charge in [0.05, 0.1) is 6.20 Å². The number of benzene rings is 1. The zero-order valence-electron chi connectivity index (χ0n) is 17.2. The molecule has 7 nitrogen and oxygen atoms in total. The standard InChI is InChI=1S/C23H27N3O4/c1-26-23(28-11-13-2-3-19-20(9-13)30-12-29-19)18(10-24-26)22(27)25-21-16-5-14-4-15(7-16)8-17(21)6-14/h2-3,9-10,14-17,21H,4-8,11-12H2,1H3,(H,25,27). The van der Waals surface area contributed by atoms with E-state index in [0.717, 1.165) is 28.9 Å². The van der Waals surface area contributed by atoms with Crippen molar-refractivity contribution in [2.24, 2.45) is 30.7 Å². The maximum Gasteiger partial charge on any atom is 0.258 e. The molecule has 0 saturated heterocycles. The van der Waals surface area contributed by atoms with Gasteiger partial charge in [0.25, 0.3) is 5.91 Å². The maximum atomic E-state index is 13.2. The molecule has 0 spiro atoms. The average Bonchev–Trinajstić information content (AvgIpc) is 3.34. The average molecular weight is 409 g/mol. The summed E-state index contributed by atoms with van der Waals surface area (Å²) in [5.41, 5.74) is 1.46. The van der Waals surface area contributed by atoms with Crippen LogP contribution in [0.1, 0.15) is 48.0 Å². The van der Waals surface area contributed by atoms with Gasteiger partial charge in [-0.3, -0.25) is 4.79 Å². The Morgan fingerprint density at radius 2 is 1.87 bits per heavy atom. The van der Waals surface area contributed by atoms with Crippen LogP contribution in [0.3, 0.4) is 0 Å². The molecule has 7 rings (SSSR count). The predicted molar refractivity (Wildman–Crippen MR) is 108 cm³/mol. The molecule has 4 bridgehead atoms. The molecular weight excluding hydrogens is 382 g/mol. The third-order valence-electron chi connectivity index (χ3n) is 7.47. The van der Waals surface area contributed by atoms with Crippen molar-refractivity contribution in [3.05, 3.63) is 35.5 Å². The third-order valence-corrected chi connectivity index (χ3v) is 7.47. The van der Waals surface area contributed by atoms with Gasteiger partial charge in [-0.1, -0.05) is 6.07 Å². The van der Waals surface area contributed by atoms with Crippen LogP contribution in [0.2, 0.25) is 0 Å². The second-order valence-electron chi connectivity index (χ2n) is 9.39. The molecule has 0 unspecified atom stereocenters. The molecular formula is C23H27N3O4. The minimum absolute atomic E-state index is 0.0683. The number of aryl methyl sites for hydroxylation is 1. The first-order chi connectivity index (χ1) is 14.6. The highest BCUT2D eigenvalue weighted by Crippen LogP contribution is 2.53. The van der Waals surface area contributed by atoms with E-state index >= 15 is 0 Å². The number of hydrogen-bond donors (Lipinski definition) is 1. The second-order valence-corrected chi connectivity index (χ2v) is 9.39. The van der Waals surface area contributed by atoms with Crippen LogP contribution in [-0.4, -0.2) is 28.5 Å². The smallest absolute Gasteiger partial charge is 0.258 e. The lowest BCUT2D eigenvalue weighted by atomic mass is 9.54. The van der Waals surface area contributed by atoms with Crippen molar-refractivity contribution >= 4 is 5.91 Å². The van der Waals surface area contributed by atoms with E-state index in [2.05, 4.69) is 10.4 Å². The van der Waals surface area contributed by atoms with Gasteiger partial charge in [-0.05, 0) is 73.5 Å². The Kier molecular flexibility index (Phi) is 4.18. The van der Waals surface area contributed by atoms with Crippen molar-refractivity contribution < 1.29 is 19.0 Å². The highest BCUT2D eigenvalue weighted by atomic mass is 16.7. The fraction of sp³-hybridized carbons (Fsp3) is 0.565. The lowest BCUT2D eigenvalue weighted by Crippen LogP contribution is -2.55. The molecule has 2 heterocycles. The van der Waals surface area contributed by atoms with Gasteiger partial charge in [-0.15, -0.1) is 0 Å². The molecule has 5 aliphatic rings. The van der Waals surface area contributed by atoms with E-state index in [9.17, 15) is 4.79 Å². The van der Waals surface area contributed by atoms with Crippen LogP contribution in [0.4, 0.5) is 0 Å².